The topological polar surface area (TPSA) is 90.7 Å². The molecule has 0 aliphatic carbocycles. The number of rotatable bonds is 6. The van der Waals surface area contributed by atoms with Crippen molar-refractivity contribution in [3.8, 4) is 0 Å². The lowest BCUT2D eigenvalue weighted by Crippen LogP contribution is -2.33. The van der Waals surface area contributed by atoms with Crippen LogP contribution in [-0.4, -0.2) is 45.1 Å². The molecule has 0 aromatic carbocycles. The first-order valence-electron chi connectivity index (χ1n) is 4.23. The summed E-state index contributed by atoms with van der Waals surface area (Å²) in [6, 6.07) is 0. The number of carbonyl (C=O) groups is 2. The normalized spacial score (nSPS) is 10.6. The van der Waals surface area contributed by atoms with Crippen LogP contribution in [0.3, 0.4) is 0 Å². The summed E-state index contributed by atoms with van der Waals surface area (Å²) in [7, 11) is 0. The van der Waals surface area contributed by atoms with Gasteiger partial charge in [0.25, 0.3) is 0 Å². The highest BCUT2D eigenvalue weighted by atomic mass is 35.5. The summed E-state index contributed by atoms with van der Waals surface area (Å²) in [6.07, 6.45) is 1.45. The Morgan fingerprint density at radius 2 is 1.94 bits per heavy atom. The summed E-state index contributed by atoms with van der Waals surface area (Å²) < 4.78 is 0.487. The highest BCUT2D eigenvalue weighted by molar-refractivity contribution is 7.15. The van der Waals surface area contributed by atoms with Gasteiger partial charge < -0.3 is 10.2 Å². The van der Waals surface area contributed by atoms with Crippen molar-refractivity contribution < 1.29 is 19.8 Å². The Kier molecular flexibility index (Phi) is 4.66. The summed E-state index contributed by atoms with van der Waals surface area (Å²) in [4.78, 5) is 26.2. The number of nitrogens with zero attached hydrogens (tertiary/aromatic N) is 2. The van der Waals surface area contributed by atoms with Crippen LogP contribution < -0.4 is 0 Å². The van der Waals surface area contributed by atoms with E-state index in [0.29, 0.717) is 9.34 Å². The fourth-order valence-electron chi connectivity index (χ4n) is 1.10. The van der Waals surface area contributed by atoms with Crippen molar-refractivity contribution >= 4 is 34.9 Å². The maximum absolute atomic E-state index is 10.5. The van der Waals surface area contributed by atoms with Crippen LogP contribution in [0, 0.1) is 0 Å². The number of aromatic nitrogens is 1. The molecule has 0 aliphatic rings. The fraction of sp³-hybridized carbons (Fsp3) is 0.375. The van der Waals surface area contributed by atoms with E-state index in [2.05, 4.69) is 4.98 Å². The van der Waals surface area contributed by atoms with Gasteiger partial charge >= 0.3 is 11.9 Å². The number of carboxylic acid groups (broad SMARTS) is 2. The number of halogens is 1. The maximum atomic E-state index is 10.5. The van der Waals surface area contributed by atoms with E-state index in [-0.39, 0.29) is 19.6 Å². The van der Waals surface area contributed by atoms with Crippen molar-refractivity contribution in [1.29, 1.82) is 0 Å². The van der Waals surface area contributed by atoms with Gasteiger partial charge in [-0.25, -0.2) is 4.98 Å². The van der Waals surface area contributed by atoms with Crippen LogP contribution in [0.5, 0.6) is 0 Å². The van der Waals surface area contributed by atoms with Gasteiger partial charge in [0.15, 0.2) is 0 Å². The fourth-order valence-corrected chi connectivity index (χ4v) is 2.10. The average molecular weight is 265 g/mol. The lowest BCUT2D eigenvalue weighted by molar-refractivity contribution is -0.142. The predicted molar refractivity (Wildman–Crippen MR) is 57.7 cm³/mol. The van der Waals surface area contributed by atoms with E-state index in [4.69, 9.17) is 21.8 Å². The second-order valence-corrected chi connectivity index (χ2v) is 4.74. The Bertz CT molecular complexity index is 379. The van der Waals surface area contributed by atoms with Gasteiger partial charge in [-0.05, 0) is 0 Å². The Morgan fingerprint density at radius 3 is 2.31 bits per heavy atom. The number of thiazole rings is 1. The molecule has 0 fully saturated rings. The molecule has 0 radical (unpaired) electrons. The average Bonchev–Trinajstić information content (AvgIpc) is 2.48. The van der Waals surface area contributed by atoms with Gasteiger partial charge in [-0.3, -0.25) is 14.5 Å². The van der Waals surface area contributed by atoms with Crippen LogP contribution in [0.15, 0.2) is 6.20 Å². The summed E-state index contributed by atoms with van der Waals surface area (Å²) in [5.74, 6) is -2.16. The minimum Gasteiger partial charge on any atom is -0.480 e. The smallest absolute Gasteiger partial charge is 0.317 e. The Labute approximate surface area is 100 Å². The third kappa shape index (κ3) is 4.56. The van der Waals surface area contributed by atoms with Gasteiger partial charge in [-0.2, -0.15) is 0 Å². The lowest BCUT2D eigenvalue weighted by Gasteiger charge is -2.15. The van der Waals surface area contributed by atoms with E-state index in [1.165, 1.54) is 22.4 Å². The van der Waals surface area contributed by atoms with Crippen LogP contribution in [0.1, 0.15) is 5.01 Å². The lowest BCUT2D eigenvalue weighted by atomic mass is 10.4. The van der Waals surface area contributed by atoms with E-state index in [9.17, 15) is 9.59 Å². The minimum atomic E-state index is -1.08. The van der Waals surface area contributed by atoms with Crippen molar-refractivity contribution in [3.63, 3.8) is 0 Å². The molecule has 8 heteroatoms. The van der Waals surface area contributed by atoms with Crippen LogP contribution in [0.25, 0.3) is 0 Å². The van der Waals surface area contributed by atoms with E-state index >= 15 is 0 Å². The molecular weight excluding hydrogens is 256 g/mol. The molecule has 6 nitrogen and oxygen atoms in total. The number of hydrogen-bond acceptors (Lipinski definition) is 5. The van der Waals surface area contributed by atoms with E-state index in [1.54, 1.807) is 0 Å². The largest absolute Gasteiger partial charge is 0.480 e. The van der Waals surface area contributed by atoms with Crippen molar-refractivity contribution in [2.24, 2.45) is 0 Å². The van der Waals surface area contributed by atoms with Gasteiger partial charge in [0.2, 0.25) is 0 Å². The zero-order valence-electron chi connectivity index (χ0n) is 8.09. The molecule has 2 N–H and O–H groups in total. The van der Waals surface area contributed by atoms with Gasteiger partial charge in [0, 0.05) is 0 Å². The van der Waals surface area contributed by atoms with E-state index in [1.807, 2.05) is 0 Å². The van der Waals surface area contributed by atoms with Crippen LogP contribution >= 0.6 is 22.9 Å². The first kappa shape index (κ1) is 12.9. The standard InChI is InChI=1S/C8H9ClN2O4S/c9-5-1-10-6(16-5)2-11(3-7(12)13)4-8(14)15/h1H,2-4H2,(H,12,13)(H,14,15). The van der Waals surface area contributed by atoms with Crippen molar-refractivity contribution in [2.75, 3.05) is 13.1 Å². The Hall–Kier alpha value is -1.18. The Morgan fingerprint density at radius 1 is 1.38 bits per heavy atom. The molecule has 88 valence electrons. The van der Waals surface area contributed by atoms with E-state index < -0.39 is 11.9 Å². The summed E-state index contributed by atoms with van der Waals surface area (Å²) in [5.41, 5.74) is 0. The van der Waals surface area contributed by atoms with Gasteiger partial charge in [0.1, 0.15) is 9.34 Å². The molecule has 16 heavy (non-hydrogen) atoms. The number of carboxylic acids is 2. The molecule has 0 aliphatic heterocycles. The molecule has 0 spiro atoms. The number of hydrogen-bond donors (Lipinski definition) is 2. The molecule has 0 bridgehead atoms. The van der Waals surface area contributed by atoms with Crippen LogP contribution in [0.2, 0.25) is 4.34 Å². The van der Waals surface area contributed by atoms with Gasteiger partial charge in [-0.15, -0.1) is 11.3 Å². The van der Waals surface area contributed by atoms with Crippen molar-refractivity contribution in [3.05, 3.63) is 15.5 Å². The van der Waals surface area contributed by atoms with Gasteiger partial charge in [-0.1, -0.05) is 11.6 Å². The third-order valence-electron chi connectivity index (χ3n) is 1.60. The third-order valence-corrected chi connectivity index (χ3v) is 2.70. The molecule has 0 saturated carbocycles. The molecule has 1 aromatic heterocycles. The second-order valence-electron chi connectivity index (χ2n) is 2.99. The number of aliphatic carboxylic acids is 2. The highest BCUT2D eigenvalue weighted by Gasteiger charge is 2.15. The van der Waals surface area contributed by atoms with Crippen LogP contribution in [0.4, 0.5) is 0 Å². The first-order chi connectivity index (χ1) is 7.47. The van der Waals surface area contributed by atoms with Crippen molar-refractivity contribution in [2.45, 2.75) is 6.54 Å². The second kappa shape index (κ2) is 5.78. The quantitative estimate of drug-likeness (QED) is 0.789. The molecule has 0 saturated heterocycles. The summed E-state index contributed by atoms with van der Waals surface area (Å²) in [5, 5.41) is 17.8. The molecule has 0 amide bonds. The highest BCUT2D eigenvalue weighted by Crippen LogP contribution is 2.19. The van der Waals surface area contributed by atoms with Gasteiger partial charge in [0.05, 0.1) is 25.8 Å². The zero-order chi connectivity index (χ0) is 12.1. The molecule has 0 unspecified atom stereocenters. The molecule has 1 aromatic rings. The Balaban J connectivity index is 2.62. The predicted octanol–water partition coefficient (Wildman–Crippen LogP) is 0.768. The SMILES string of the molecule is O=C(O)CN(CC(=O)O)Cc1ncc(Cl)s1. The molecule has 1 rings (SSSR count). The summed E-state index contributed by atoms with van der Waals surface area (Å²) in [6.45, 7) is -0.525. The van der Waals surface area contributed by atoms with E-state index in [0.717, 1.165) is 0 Å². The minimum absolute atomic E-state index is 0.163. The monoisotopic (exact) mass is 264 g/mol. The van der Waals surface area contributed by atoms with Crippen LogP contribution in [-0.2, 0) is 16.1 Å². The maximum Gasteiger partial charge on any atom is 0.317 e. The molecular formula is C8H9ClN2O4S. The molecule has 0 atom stereocenters. The first-order valence-corrected chi connectivity index (χ1v) is 5.43. The molecule has 1 heterocycles. The van der Waals surface area contributed by atoms with Crippen molar-refractivity contribution in [1.82, 2.24) is 9.88 Å². The summed E-state index contributed by atoms with van der Waals surface area (Å²) >= 11 is 6.86. The zero-order valence-corrected chi connectivity index (χ0v) is 9.66.